The summed E-state index contributed by atoms with van der Waals surface area (Å²) in [4.78, 5) is 15.4. The Morgan fingerprint density at radius 2 is 1.79 bits per heavy atom. The van der Waals surface area contributed by atoms with Crippen molar-refractivity contribution in [2.45, 2.75) is 31.8 Å². The van der Waals surface area contributed by atoms with Crippen LogP contribution in [0.1, 0.15) is 36.6 Å². The average Bonchev–Trinajstić information content (AvgIpc) is 3.21. The van der Waals surface area contributed by atoms with E-state index in [2.05, 4.69) is 46.6 Å². The number of anilines is 2. The molecule has 0 spiro atoms. The highest BCUT2D eigenvalue weighted by atomic mass is 16.3. The lowest BCUT2D eigenvalue weighted by Gasteiger charge is -2.34. The molecule has 1 N–H and O–H groups in total. The molecule has 4 nitrogen and oxygen atoms in total. The zero-order chi connectivity index (χ0) is 18.9. The summed E-state index contributed by atoms with van der Waals surface area (Å²) in [6.07, 6.45) is 4.04. The van der Waals surface area contributed by atoms with Crippen LogP contribution < -0.4 is 10.2 Å². The summed E-state index contributed by atoms with van der Waals surface area (Å²) in [5.41, 5.74) is 5.18. The Labute approximate surface area is 164 Å². The van der Waals surface area contributed by atoms with E-state index >= 15 is 0 Å². The summed E-state index contributed by atoms with van der Waals surface area (Å²) >= 11 is 0. The van der Waals surface area contributed by atoms with Gasteiger partial charge in [-0.3, -0.25) is 4.79 Å². The first kappa shape index (κ1) is 16.9. The molecule has 2 heterocycles. The number of rotatable bonds is 3. The highest BCUT2D eigenvalue weighted by Crippen LogP contribution is 2.45. The van der Waals surface area contributed by atoms with Crippen molar-refractivity contribution in [1.82, 2.24) is 0 Å². The molecule has 140 valence electrons. The van der Waals surface area contributed by atoms with E-state index in [4.69, 9.17) is 4.42 Å². The number of ketones is 1. The van der Waals surface area contributed by atoms with E-state index in [9.17, 15) is 4.79 Å². The number of Topliss-reactive ketones (excluding diaryl/α,β-unsaturated/α-hetero) is 1. The minimum absolute atomic E-state index is 0.209. The van der Waals surface area contributed by atoms with Crippen LogP contribution >= 0.6 is 0 Å². The Kier molecular flexibility index (Phi) is 4.24. The molecule has 0 radical (unpaired) electrons. The van der Waals surface area contributed by atoms with Crippen molar-refractivity contribution in [2.24, 2.45) is 0 Å². The molecular formula is C24H22N2O2. The number of benzene rings is 2. The number of nitrogens with one attached hydrogen (secondary N) is 1. The van der Waals surface area contributed by atoms with Crippen LogP contribution in [0.5, 0.6) is 0 Å². The van der Waals surface area contributed by atoms with E-state index in [1.165, 1.54) is 5.56 Å². The van der Waals surface area contributed by atoms with Gasteiger partial charge in [0.15, 0.2) is 5.78 Å². The highest BCUT2D eigenvalue weighted by molar-refractivity contribution is 6.00. The van der Waals surface area contributed by atoms with Crippen molar-refractivity contribution in [1.29, 1.82) is 0 Å². The largest absolute Gasteiger partial charge is 0.467 e. The van der Waals surface area contributed by atoms with Gasteiger partial charge in [0.05, 0.1) is 17.6 Å². The van der Waals surface area contributed by atoms with Gasteiger partial charge in [-0.05, 0) is 42.7 Å². The van der Waals surface area contributed by atoms with E-state index in [1.807, 2.05) is 30.3 Å². The van der Waals surface area contributed by atoms with Crippen LogP contribution in [-0.2, 0) is 11.3 Å². The molecule has 28 heavy (non-hydrogen) atoms. The minimum atomic E-state index is -0.242. The fraction of sp³-hybridized carbons (Fsp3) is 0.208. The summed E-state index contributed by atoms with van der Waals surface area (Å²) in [7, 11) is 0. The molecular weight excluding hydrogens is 348 g/mol. The second-order valence-corrected chi connectivity index (χ2v) is 7.34. The van der Waals surface area contributed by atoms with Gasteiger partial charge in [0.25, 0.3) is 0 Å². The number of hydrogen-bond donors (Lipinski definition) is 1. The third-order valence-corrected chi connectivity index (χ3v) is 5.55. The number of fused-ring (bicyclic) bond motifs is 1. The van der Waals surface area contributed by atoms with Gasteiger partial charge in [-0.25, -0.2) is 0 Å². The van der Waals surface area contributed by atoms with Crippen LogP contribution in [0.3, 0.4) is 0 Å². The molecule has 1 aliphatic heterocycles. The lowest BCUT2D eigenvalue weighted by Crippen LogP contribution is -2.32. The van der Waals surface area contributed by atoms with Gasteiger partial charge >= 0.3 is 0 Å². The third-order valence-electron chi connectivity index (χ3n) is 5.55. The van der Waals surface area contributed by atoms with Crippen molar-refractivity contribution in [3.8, 4) is 0 Å². The van der Waals surface area contributed by atoms with Gasteiger partial charge in [-0.2, -0.15) is 0 Å². The van der Waals surface area contributed by atoms with Crippen LogP contribution in [0.15, 0.2) is 88.7 Å². The third kappa shape index (κ3) is 2.91. The molecule has 0 unspecified atom stereocenters. The Morgan fingerprint density at radius 1 is 0.964 bits per heavy atom. The maximum absolute atomic E-state index is 13.1. The summed E-state index contributed by atoms with van der Waals surface area (Å²) in [6, 6.07) is 22.3. The first-order valence-corrected chi connectivity index (χ1v) is 9.77. The fourth-order valence-electron chi connectivity index (χ4n) is 4.30. The number of para-hydroxylation sites is 2. The quantitative estimate of drug-likeness (QED) is 0.665. The topological polar surface area (TPSA) is 45.5 Å². The average molecular weight is 370 g/mol. The normalized spacial score (nSPS) is 18.9. The van der Waals surface area contributed by atoms with E-state index in [-0.39, 0.29) is 11.8 Å². The predicted octanol–water partition coefficient (Wildman–Crippen LogP) is 5.46. The molecule has 0 bridgehead atoms. The Balaban J connectivity index is 1.72. The summed E-state index contributed by atoms with van der Waals surface area (Å²) < 4.78 is 5.85. The zero-order valence-electron chi connectivity index (χ0n) is 15.6. The van der Waals surface area contributed by atoms with Crippen molar-refractivity contribution in [2.75, 3.05) is 10.2 Å². The van der Waals surface area contributed by atoms with Crippen molar-refractivity contribution in [3.05, 3.63) is 95.6 Å². The van der Waals surface area contributed by atoms with E-state index in [0.29, 0.717) is 13.0 Å². The fourth-order valence-corrected chi connectivity index (χ4v) is 4.30. The van der Waals surface area contributed by atoms with Gasteiger partial charge in [0.2, 0.25) is 0 Å². The predicted molar refractivity (Wildman–Crippen MR) is 110 cm³/mol. The number of nitrogens with zero attached hydrogens (tertiary/aromatic N) is 1. The van der Waals surface area contributed by atoms with E-state index in [1.54, 1.807) is 6.26 Å². The van der Waals surface area contributed by atoms with E-state index < -0.39 is 0 Å². The number of hydrogen-bond acceptors (Lipinski definition) is 4. The van der Waals surface area contributed by atoms with Crippen molar-refractivity contribution >= 4 is 17.2 Å². The number of carbonyl (C=O) groups is 1. The molecule has 4 heteroatoms. The molecule has 0 saturated carbocycles. The van der Waals surface area contributed by atoms with E-state index in [0.717, 1.165) is 41.2 Å². The SMILES string of the molecule is O=C1CCCC2=C1[C@H](c1ccco1)N(Cc1ccccc1)c1ccccc1N2. The Bertz CT molecular complexity index is 1020. The summed E-state index contributed by atoms with van der Waals surface area (Å²) in [6.45, 7) is 0.689. The molecule has 3 aromatic rings. The van der Waals surface area contributed by atoms with Gasteiger partial charge in [0.1, 0.15) is 11.8 Å². The smallest absolute Gasteiger partial charge is 0.163 e. The first-order valence-electron chi connectivity index (χ1n) is 9.77. The van der Waals surface area contributed by atoms with Gasteiger partial charge < -0.3 is 14.6 Å². The molecule has 2 aromatic carbocycles. The lowest BCUT2D eigenvalue weighted by atomic mass is 9.88. The zero-order valence-corrected chi connectivity index (χ0v) is 15.6. The van der Waals surface area contributed by atoms with Crippen molar-refractivity contribution < 1.29 is 9.21 Å². The molecule has 5 rings (SSSR count). The highest BCUT2D eigenvalue weighted by Gasteiger charge is 2.38. The van der Waals surface area contributed by atoms with Crippen LogP contribution in [0.25, 0.3) is 0 Å². The van der Waals surface area contributed by atoms with Gasteiger partial charge in [-0.1, -0.05) is 42.5 Å². The second kappa shape index (κ2) is 7.04. The minimum Gasteiger partial charge on any atom is -0.467 e. The van der Waals surface area contributed by atoms with Gasteiger partial charge in [-0.15, -0.1) is 0 Å². The molecule has 0 amide bonds. The Morgan fingerprint density at radius 3 is 2.61 bits per heavy atom. The maximum Gasteiger partial charge on any atom is 0.163 e. The monoisotopic (exact) mass is 370 g/mol. The van der Waals surface area contributed by atoms with Crippen LogP contribution in [0.2, 0.25) is 0 Å². The molecule has 1 aromatic heterocycles. The molecule has 0 saturated heterocycles. The number of furan rings is 1. The van der Waals surface area contributed by atoms with Crippen molar-refractivity contribution in [3.63, 3.8) is 0 Å². The first-order chi connectivity index (χ1) is 13.8. The number of carbonyl (C=O) groups excluding carboxylic acids is 1. The van der Waals surface area contributed by atoms with Crippen LogP contribution in [0, 0.1) is 0 Å². The molecule has 2 aliphatic rings. The summed E-state index contributed by atoms with van der Waals surface area (Å²) in [5.74, 6) is 1.01. The Hall–Kier alpha value is -3.27. The summed E-state index contributed by atoms with van der Waals surface area (Å²) in [5, 5.41) is 3.57. The number of allylic oxidation sites excluding steroid dienone is 1. The van der Waals surface area contributed by atoms with Crippen LogP contribution in [0.4, 0.5) is 11.4 Å². The van der Waals surface area contributed by atoms with Crippen LogP contribution in [-0.4, -0.2) is 5.78 Å². The second-order valence-electron chi connectivity index (χ2n) is 7.34. The molecule has 1 aliphatic carbocycles. The maximum atomic E-state index is 13.1. The lowest BCUT2D eigenvalue weighted by molar-refractivity contribution is -0.116. The van der Waals surface area contributed by atoms with Gasteiger partial charge in [0, 0.05) is 24.2 Å². The standard InChI is InChI=1S/C24H22N2O2/c27-21-13-6-11-19-23(21)24(22-14-7-15-28-22)26(16-17-8-2-1-3-9-17)20-12-5-4-10-18(20)25-19/h1-5,7-10,12,14-15,24-25H,6,11,13,16H2/t24-/m0/s1. The molecule has 0 fully saturated rings. The molecule has 1 atom stereocenters.